The van der Waals surface area contributed by atoms with Crippen molar-refractivity contribution >= 4 is 28.5 Å². The maximum absolute atomic E-state index is 13.1. The molecule has 4 rings (SSSR count). The van der Waals surface area contributed by atoms with E-state index in [1.807, 2.05) is 60.0 Å². The van der Waals surface area contributed by atoms with Crippen molar-refractivity contribution in [2.24, 2.45) is 0 Å². The van der Waals surface area contributed by atoms with E-state index in [1.165, 1.54) is 0 Å². The summed E-state index contributed by atoms with van der Waals surface area (Å²) in [5.41, 5.74) is 2.53. The number of amides is 2. The monoisotopic (exact) mass is 458 g/mol. The first-order chi connectivity index (χ1) is 16.5. The van der Waals surface area contributed by atoms with Gasteiger partial charge in [-0.25, -0.2) is 4.98 Å². The average molecular weight is 459 g/mol. The van der Waals surface area contributed by atoms with Crippen LogP contribution in [0.15, 0.2) is 73.8 Å². The van der Waals surface area contributed by atoms with Gasteiger partial charge in [0.05, 0.1) is 17.6 Å². The Kier molecular flexibility index (Phi) is 7.11. The van der Waals surface area contributed by atoms with Crippen LogP contribution in [0.2, 0.25) is 0 Å². The first-order valence-electron chi connectivity index (χ1n) is 11.5. The van der Waals surface area contributed by atoms with Gasteiger partial charge in [0.1, 0.15) is 18.1 Å². The molecule has 0 bridgehead atoms. The highest BCUT2D eigenvalue weighted by molar-refractivity contribution is 5.96. The lowest BCUT2D eigenvalue weighted by molar-refractivity contribution is -0.130. The number of hydrogen-bond donors (Lipinski definition) is 0. The number of para-hydroxylation sites is 2. The number of carbonyl (C=O) groups is 2. The molecule has 2 amide bonds. The van der Waals surface area contributed by atoms with E-state index in [0.29, 0.717) is 32.7 Å². The summed E-state index contributed by atoms with van der Waals surface area (Å²) in [6.07, 6.45) is 3.76. The number of fused-ring (bicyclic) bond motifs is 1. The zero-order chi connectivity index (χ0) is 24.1. The van der Waals surface area contributed by atoms with Gasteiger partial charge in [-0.2, -0.15) is 0 Å². The van der Waals surface area contributed by atoms with Crippen molar-refractivity contribution in [3.05, 3.63) is 79.7 Å². The largest absolute Gasteiger partial charge is 0.494 e. The number of carbonyl (C=O) groups excluding carboxylic acids is 2. The Bertz CT molecular complexity index is 1190. The summed E-state index contributed by atoms with van der Waals surface area (Å²) in [7, 11) is 0. The second kappa shape index (κ2) is 10.4. The molecule has 0 saturated carbocycles. The molecule has 1 fully saturated rings. The molecule has 1 aliphatic rings. The number of rotatable bonds is 10. The van der Waals surface area contributed by atoms with Crippen LogP contribution in [0.4, 0.5) is 5.69 Å². The predicted molar refractivity (Wildman–Crippen MR) is 134 cm³/mol. The summed E-state index contributed by atoms with van der Waals surface area (Å²) in [5, 5.41) is 0. The van der Waals surface area contributed by atoms with E-state index in [1.54, 1.807) is 22.0 Å². The highest BCUT2D eigenvalue weighted by Gasteiger charge is 2.35. The molecule has 2 aromatic carbocycles. The molecular formula is C27H30N4O3. The van der Waals surface area contributed by atoms with E-state index in [-0.39, 0.29) is 24.3 Å². The third-order valence-electron chi connectivity index (χ3n) is 5.98. The molecule has 0 radical (unpaired) electrons. The van der Waals surface area contributed by atoms with Gasteiger partial charge in [-0.05, 0) is 43.3 Å². The van der Waals surface area contributed by atoms with Gasteiger partial charge in [-0.3, -0.25) is 9.59 Å². The summed E-state index contributed by atoms with van der Waals surface area (Å²) in [4.78, 5) is 34.4. The number of aromatic nitrogens is 2. The van der Waals surface area contributed by atoms with Crippen LogP contribution in [0, 0.1) is 0 Å². The Labute approximate surface area is 199 Å². The van der Waals surface area contributed by atoms with Gasteiger partial charge < -0.3 is 19.1 Å². The zero-order valence-electron chi connectivity index (χ0n) is 19.5. The maximum Gasteiger partial charge on any atom is 0.243 e. The van der Waals surface area contributed by atoms with Gasteiger partial charge in [0.25, 0.3) is 0 Å². The van der Waals surface area contributed by atoms with Crippen LogP contribution in [0.5, 0.6) is 5.75 Å². The molecule has 0 aliphatic carbocycles. The molecule has 1 unspecified atom stereocenters. The molecular weight excluding hydrogens is 428 g/mol. The molecule has 176 valence electrons. The van der Waals surface area contributed by atoms with Gasteiger partial charge in [0, 0.05) is 37.7 Å². The number of imidazole rings is 1. The van der Waals surface area contributed by atoms with E-state index in [9.17, 15) is 9.59 Å². The Hall–Kier alpha value is -3.87. The van der Waals surface area contributed by atoms with Crippen molar-refractivity contribution in [1.29, 1.82) is 0 Å². The highest BCUT2D eigenvalue weighted by atomic mass is 16.5. The minimum absolute atomic E-state index is 0.0408. The topological polar surface area (TPSA) is 67.7 Å². The normalized spacial score (nSPS) is 15.5. The molecule has 7 nitrogen and oxygen atoms in total. The minimum atomic E-state index is -0.119. The van der Waals surface area contributed by atoms with Gasteiger partial charge >= 0.3 is 0 Å². The third-order valence-corrected chi connectivity index (χ3v) is 5.98. The van der Waals surface area contributed by atoms with Crippen LogP contribution in [0.25, 0.3) is 11.0 Å². The number of ether oxygens (including phenoxy) is 1. The Morgan fingerprint density at radius 3 is 2.53 bits per heavy atom. The van der Waals surface area contributed by atoms with Crippen molar-refractivity contribution in [1.82, 2.24) is 14.5 Å². The van der Waals surface area contributed by atoms with Crippen molar-refractivity contribution in [2.75, 3.05) is 31.1 Å². The van der Waals surface area contributed by atoms with Crippen LogP contribution in [0.1, 0.15) is 25.1 Å². The van der Waals surface area contributed by atoms with Gasteiger partial charge in [-0.15, -0.1) is 13.2 Å². The van der Waals surface area contributed by atoms with Crippen LogP contribution < -0.4 is 9.64 Å². The van der Waals surface area contributed by atoms with Crippen molar-refractivity contribution in [3.8, 4) is 5.75 Å². The average Bonchev–Trinajstić information content (AvgIpc) is 3.40. The minimum Gasteiger partial charge on any atom is -0.494 e. The highest BCUT2D eigenvalue weighted by Crippen LogP contribution is 2.34. The van der Waals surface area contributed by atoms with Gasteiger partial charge in [0.15, 0.2) is 0 Å². The fourth-order valence-electron chi connectivity index (χ4n) is 4.42. The molecule has 1 aromatic heterocycles. The van der Waals surface area contributed by atoms with Crippen LogP contribution in [-0.4, -0.2) is 52.5 Å². The van der Waals surface area contributed by atoms with Crippen molar-refractivity contribution in [3.63, 3.8) is 0 Å². The van der Waals surface area contributed by atoms with Gasteiger partial charge in [0.2, 0.25) is 11.8 Å². The molecule has 1 saturated heterocycles. The molecule has 3 aromatic rings. The van der Waals surface area contributed by atoms with Crippen molar-refractivity contribution < 1.29 is 14.3 Å². The molecule has 0 spiro atoms. The van der Waals surface area contributed by atoms with E-state index in [2.05, 4.69) is 13.2 Å². The molecule has 7 heteroatoms. The molecule has 2 heterocycles. The summed E-state index contributed by atoms with van der Waals surface area (Å²) in [6, 6.07) is 15.3. The quantitative estimate of drug-likeness (QED) is 0.428. The summed E-state index contributed by atoms with van der Waals surface area (Å²) >= 11 is 0. The smallest absolute Gasteiger partial charge is 0.243 e. The van der Waals surface area contributed by atoms with E-state index in [0.717, 1.165) is 28.3 Å². The fraction of sp³-hybridized carbons (Fsp3) is 0.296. The second-order valence-corrected chi connectivity index (χ2v) is 8.25. The first kappa shape index (κ1) is 23.3. The van der Waals surface area contributed by atoms with Gasteiger partial charge in [-0.1, -0.05) is 24.3 Å². The van der Waals surface area contributed by atoms with E-state index < -0.39 is 0 Å². The second-order valence-electron chi connectivity index (χ2n) is 8.25. The lowest BCUT2D eigenvalue weighted by atomic mass is 10.1. The Balaban J connectivity index is 1.62. The molecule has 1 atom stereocenters. The Morgan fingerprint density at radius 2 is 1.85 bits per heavy atom. The van der Waals surface area contributed by atoms with Crippen LogP contribution in [-0.2, 0) is 16.1 Å². The molecule has 0 N–H and O–H groups in total. The molecule has 1 aliphatic heterocycles. The number of hydrogen-bond acceptors (Lipinski definition) is 4. The van der Waals surface area contributed by atoms with E-state index in [4.69, 9.17) is 9.72 Å². The number of anilines is 1. The number of benzene rings is 2. The lowest BCUT2D eigenvalue weighted by Crippen LogP contribution is -2.34. The SMILES string of the molecule is C=CCN(CC=C)C(=O)Cn1c(C2CC(=O)N(c3ccc(OCC)cc3)C2)nc2ccccc21. The lowest BCUT2D eigenvalue weighted by Gasteiger charge is -2.21. The third kappa shape index (κ3) is 4.73. The standard InChI is InChI=1S/C27H30N4O3/c1-4-15-29(16-5-2)26(33)19-31-24-10-8-7-9-23(24)28-27(31)20-17-25(32)30(18-20)21-11-13-22(14-12-21)34-6-3/h4-5,7-14,20H,1-2,6,15-19H2,3H3. The fourth-order valence-corrected chi connectivity index (χ4v) is 4.42. The summed E-state index contributed by atoms with van der Waals surface area (Å²) in [5.74, 6) is 1.41. The molecule has 34 heavy (non-hydrogen) atoms. The first-order valence-corrected chi connectivity index (χ1v) is 11.5. The zero-order valence-corrected chi connectivity index (χ0v) is 19.5. The summed E-state index contributed by atoms with van der Waals surface area (Å²) in [6.45, 7) is 11.6. The van der Waals surface area contributed by atoms with Crippen molar-refractivity contribution in [2.45, 2.75) is 25.8 Å². The predicted octanol–water partition coefficient (Wildman–Crippen LogP) is 4.16. The number of nitrogens with zero attached hydrogens (tertiary/aromatic N) is 4. The van der Waals surface area contributed by atoms with E-state index >= 15 is 0 Å². The Morgan fingerprint density at radius 1 is 1.15 bits per heavy atom. The maximum atomic E-state index is 13.1. The van der Waals surface area contributed by atoms with Crippen LogP contribution >= 0.6 is 0 Å². The summed E-state index contributed by atoms with van der Waals surface area (Å²) < 4.78 is 7.47. The van der Waals surface area contributed by atoms with Crippen LogP contribution in [0.3, 0.4) is 0 Å².